The third-order valence-electron chi connectivity index (χ3n) is 1.25. The lowest BCUT2D eigenvalue weighted by Crippen LogP contribution is -2.34. The van der Waals surface area contributed by atoms with Crippen molar-refractivity contribution in [2.45, 2.75) is 0 Å². The number of nitrogens with one attached hydrogen (secondary N) is 2. The summed E-state index contributed by atoms with van der Waals surface area (Å²) < 4.78 is 13.5. The van der Waals surface area contributed by atoms with Gasteiger partial charge in [-0.15, -0.1) is 0 Å². The predicted octanol–water partition coefficient (Wildman–Crippen LogP) is 1.75. The van der Waals surface area contributed by atoms with Gasteiger partial charge in [0.2, 0.25) is 0 Å². The van der Waals surface area contributed by atoms with E-state index in [0.717, 1.165) is 0 Å². The molecule has 1 aromatic rings. The summed E-state index contributed by atoms with van der Waals surface area (Å²) >= 11 is 7.89. The number of thiocarbonyl (C=S) groups is 1. The van der Waals surface area contributed by atoms with Crippen molar-refractivity contribution < 1.29 is 4.39 Å². The standard InChI is InChI=1S/C7H7BrFN3S/c8-4-1-5(9)3-6(2-4)11-7(13)12-10/h1-3H,10H2,(H2,11,12,13). The van der Waals surface area contributed by atoms with E-state index < -0.39 is 0 Å². The van der Waals surface area contributed by atoms with Gasteiger partial charge in [0.05, 0.1) is 0 Å². The molecule has 0 spiro atoms. The van der Waals surface area contributed by atoms with Gasteiger partial charge in [0.25, 0.3) is 0 Å². The maximum atomic E-state index is 12.8. The van der Waals surface area contributed by atoms with Crippen molar-refractivity contribution in [3.8, 4) is 0 Å². The Bertz CT molecular complexity index is 311. The van der Waals surface area contributed by atoms with E-state index in [0.29, 0.717) is 10.2 Å². The Hall–Kier alpha value is -0.720. The molecule has 1 aromatic carbocycles. The topological polar surface area (TPSA) is 50.1 Å². The van der Waals surface area contributed by atoms with Crippen molar-refractivity contribution in [3.05, 3.63) is 28.5 Å². The Kier molecular flexibility index (Phi) is 3.58. The van der Waals surface area contributed by atoms with Crippen molar-refractivity contribution in [1.29, 1.82) is 0 Å². The van der Waals surface area contributed by atoms with E-state index >= 15 is 0 Å². The van der Waals surface area contributed by atoms with Gasteiger partial charge in [-0.25, -0.2) is 10.2 Å². The van der Waals surface area contributed by atoms with Crippen LogP contribution < -0.4 is 16.6 Å². The van der Waals surface area contributed by atoms with E-state index in [4.69, 9.17) is 18.1 Å². The Morgan fingerprint density at radius 3 is 2.69 bits per heavy atom. The first-order valence-electron chi connectivity index (χ1n) is 3.35. The van der Waals surface area contributed by atoms with Crippen LogP contribution >= 0.6 is 28.1 Å². The van der Waals surface area contributed by atoms with Crippen molar-refractivity contribution >= 4 is 38.9 Å². The molecule has 0 atom stereocenters. The molecular weight excluding hydrogens is 257 g/mol. The minimum Gasteiger partial charge on any atom is -0.332 e. The van der Waals surface area contributed by atoms with Crippen LogP contribution in [0.5, 0.6) is 0 Å². The summed E-state index contributed by atoms with van der Waals surface area (Å²) in [7, 11) is 0. The van der Waals surface area contributed by atoms with E-state index in [-0.39, 0.29) is 10.9 Å². The molecule has 0 radical (unpaired) electrons. The molecule has 0 aliphatic carbocycles. The minimum atomic E-state index is -0.350. The van der Waals surface area contributed by atoms with Crippen molar-refractivity contribution in [2.75, 3.05) is 5.32 Å². The molecule has 70 valence electrons. The Balaban J connectivity index is 2.83. The fraction of sp³-hybridized carbons (Fsp3) is 0. The first-order chi connectivity index (χ1) is 6.11. The van der Waals surface area contributed by atoms with Gasteiger partial charge in [0.15, 0.2) is 5.11 Å². The number of benzene rings is 1. The first kappa shape index (κ1) is 10.4. The normalized spacial score (nSPS) is 9.46. The van der Waals surface area contributed by atoms with Gasteiger partial charge in [0, 0.05) is 10.2 Å². The lowest BCUT2D eigenvalue weighted by molar-refractivity contribution is 0.627. The maximum Gasteiger partial charge on any atom is 0.185 e. The molecular formula is C7H7BrFN3S. The second-order valence-corrected chi connectivity index (χ2v) is 3.58. The van der Waals surface area contributed by atoms with Gasteiger partial charge in [0.1, 0.15) is 5.82 Å². The van der Waals surface area contributed by atoms with Crippen LogP contribution in [0.3, 0.4) is 0 Å². The molecule has 1 rings (SSSR count). The van der Waals surface area contributed by atoms with Crippen LogP contribution in [0.1, 0.15) is 0 Å². The molecule has 13 heavy (non-hydrogen) atoms. The molecule has 4 N–H and O–H groups in total. The molecule has 0 aliphatic heterocycles. The number of halogens is 2. The molecule has 0 amide bonds. The summed E-state index contributed by atoms with van der Waals surface area (Å²) in [4.78, 5) is 0. The Morgan fingerprint density at radius 2 is 2.15 bits per heavy atom. The summed E-state index contributed by atoms with van der Waals surface area (Å²) in [6.07, 6.45) is 0. The fourth-order valence-electron chi connectivity index (χ4n) is 0.793. The van der Waals surface area contributed by atoms with Crippen molar-refractivity contribution in [3.63, 3.8) is 0 Å². The first-order valence-corrected chi connectivity index (χ1v) is 4.55. The minimum absolute atomic E-state index is 0.234. The number of hydrazine groups is 1. The van der Waals surface area contributed by atoms with Crippen LogP contribution in [0.25, 0.3) is 0 Å². The molecule has 3 nitrogen and oxygen atoms in total. The van der Waals surface area contributed by atoms with Crippen LogP contribution in [-0.2, 0) is 0 Å². The summed E-state index contributed by atoms with van der Waals surface area (Å²) in [5.41, 5.74) is 2.77. The third kappa shape index (κ3) is 3.25. The third-order valence-corrected chi connectivity index (χ3v) is 1.93. The molecule has 0 saturated carbocycles. The van der Waals surface area contributed by atoms with Crippen molar-refractivity contribution in [1.82, 2.24) is 5.43 Å². The van der Waals surface area contributed by atoms with Crippen LogP contribution in [0.15, 0.2) is 22.7 Å². The average Bonchev–Trinajstić information content (AvgIpc) is 2.02. The molecule has 0 bridgehead atoms. The number of hydrogen-bond donors (Lipinski definition) is 3. The smallest absolute Gasteiger partial charge is 0.185 e. The average molecular weight is 264 g/mol. The highest BCUT2D eigenvalue weighted by Crippen LogP contribution is 2.18. The van der Waals surface area contributed by atoms with Crippen molar-refractivity contribution in [2.24, 2.45) is 5.84 Å². The molecule has 0 heterocycles. The summed E-state index contributed by atoms with van der Waals surface area (Å²) in [6, 6.07) is 4.35. The molecule has 6 heteroatoms. The Labute approximate surface area is 88.6 Å². The van der Waals surface area contributed by atoms with E-state index in [9.17, 15) is 4.39 Å². The Morgan fingerprint density at radius 1 is 1.46 bits per heavy atom. The SMILES string of the molecule is NNC(=S)Nc1cc(F)cc(Br)c1. The highest BCUT2D eigenvalue weighted by Gasteiger charge is 1.99. The van der Waals surface area contributed by atoms with Crippen LogP contribution in [-0.4, -0.2) is 5.11 Å². The van der Waals surface area contributed by atoms with Crippen LogP contribution in [0.2, 0.25) is 0 Å². The van der Waals surface area contributed by atoms with E-state index in [1.165, 1.54) is 12.1 Å². The summed E-state index contributed by atoms with van der Waals surface area (Å²) in [6.45, 7) is 0. The highest BCUT2D eigenvalue weighted by atomic mass is 79.9. The van der Waals surface area contributed by atoms with Gasteiger partial charge in [-0.05, 0) is 30.4 Å². The number of rotatable bonds is 1. The summed E-state index contributed by atoms with van der Waals surface area (Å²) in [5.74, 6) is 4.69. The van der Waals surface area contributed by atoms with Gasteiger partial charge in [-0.2, -0.15) is 0 Å². The zero-order valence-electron chi connectivity index (χ0n) is 6.47. The lowest BCUT2D eigenvalue weighted by Gasteiger charge is -2.06. The maximum absolute atomic E-state index is 12.8. The van der Waals surface area contributed by atoms with E-state index in [1.807, 2.05) is 0 Å². The molecule has 0 saturated heterocycles. The summed E-state index contributed by atoms with van der Waals surface area (Å²) in [5, 5.41) is 2.93. The van der Waals surface area contributed by atoms with Gasteiger partial charge in [-0.3, -0.25) is 0 Å². The molecule has 0 fully saturated rings. The highest BCUT2D eigenvalue weighted by molar-refractivity contribution is 9.10. The predicted molar refractivity (Wildman–Crippen MR) is 57.6 cm³/mol. The second-order valence-electron chi connectivity index (χ2n) is 2.26. The lowest BCUT2D eigenvalue weighted by atomic mass is 10.3. The van der Waals surface area contributed by atoms with Gasteiger partial charge in [-0.1, -0.05) is 15.9 Å². The van der Waals surface area contributed by atoms with Gasteiger partial charge < -0.3 is 10.7 Å². The largest absolute Gasteiger partial charge is 0.332 e. The monoisotopic (exact) mass is 263 g/mol. The zero-order chi connectivity index (χ0) is 9.84. The van der Waals surface area contributed by atoms with E-state index in [1.54, 1.807) is 6.07 Å². The van der Waals surface area contributed by atoms with Gasteiger partial charge >= 0.3 is 0 Å². The van der Waals surface area contributed by atoms with Crippen LogP contribution in [0.4, 0.5) is 10.1 Å². The fourth-order valence-corrected chi connectivity index (χ4v) is 1.38. The zero-order valence-corrected chi connectivity index (χ0v) is 8.88. The number of anilines is 1. The second kappa shape index (κ2) is 4.50. The molecule has 0 unspecified atom stereocenters. The molecule has 0 aromatic heterocycles. The van der Waals surface area contributed by atoms with Crippen LogP contribution in [0, 0.1) is 5.82 Å². The molecule has 0 aliphatic rings. The number of hydrogen-bond acceptors (Lipinski definition) is 2. The quantitative estimate of drug-likeness (QED) is 0.411. The number of nitrogens with two attached hydrogens (primary N) is 1. The van der Waals surface area contributed by atoms with E-state index in [2.05, 4.69) is 26.7 Å².